The van der Waals surface area contributed by atoms with Crippen molar-refractivity contribution >= 4 is 5.91 Å². The van der Waals surface area contributed by atoms with Gasteiger partial charge in [0.2, 0.25) is 0 Å². The van der Waals surface area contributed by atoms with Crippen molar-refractivity contribution in [3.05, 3.63) is 72.4 Å². The van der Waals surface area contributed by atoms with E-state index in [1.54, 1.807) is 40.3 Å². The fourth-order valence-electron chi connectivity index (χ4n) is 3.53. The number of hydrogen-bond donors (Lipinski definition) is 1. The van der Waals surface area contributed by atoms with Gasteiger partial charge in [-0.1, -0.05) is 30.3 Å². The fraction of sp³-hybridized carbons (Fsp3) is 0.300. The zero-order valence-corrected chi connectivity index (χ0v) is 14.8. The topological polar surface area (TPSA) is 84.1 Å². The Hall–Kier alpha value is -3.06. The molecule has 1 aromatic carbocycles. The average Bonchev–Trinajstić information content (AvgIpc) is 3.28. The molecule has 0 spiro atoms. The Morgan fingerprint density at radius 2 is 1.96 bits per heavy atom. The number of rotatable bonds is 4. The number of aliphatic hydroxyl groups excluding tert-OH is 1. The second-order valence-corrected chi connectivity index (χ2v) is 6.66. The molecule has 0 saturated carbocycles. The molecule has 2 aromatic heterocycles. The molecule has 1 aliphatic heterocycles. The summed E-state index contributed by atoms with van der Waals surface area (Å²) < 4.78 is 1.73. The lowest BCUT2D eigenvalue weighted by Gasteiger charge is -2.38. The van der Waals surface area contributed by atoms with Gasteiger partial charge in [-0.25, -0.2) is 4.98 Å². The van der Waals surface area contributed by atoms with Crippen LogP contribution in [-0.4, -0.2) is 48.2 Å². The van der Waals surface area contributed by atoms with Gasteiger partial charge in [0.05, 0.1) is 12.1 Å². The summed E-state index contributed by atoms with van der Waals surface area (Å²) in [6.45, 7) is 0.609. The van der Waals surface area contributed by atoms with Crippen molar-refractivity contribution in [2.75, 3.05) is 6.54 Å². The number of benzene rings is 1. The second-order valence-electron chi connectivity index (χ2n) is 6.66. The third-order valence-electron chi connectivity index (χ3n) is 4.95. The third-order valence-corrected chi connectivity index (χ3v) is 4.95. The van der Waals surface area contributed by atoms with Crippen LogP contribution in [-0.2, 0) is 0 Å². The van der Waals surface area contributed by atoms with Crippen LogP contribution in [0, 0.1) is 0 Å². The van der Waals surface area contributed by atoms with Crippen LogP contribution in [0.3, 0.4) is 0 Å². The second kappa shape index (κ2) is 7.67. The molecular weight excluding hydrogens is 342 g/mol. The smallest absolute Gasteiger partial charge is 0.274 e. The fourth-order valence-corrected chi connectivity index (χ4v) is 3.53. The maximum Gasteiger partial charge on any atom is 0.274 e. The summed E-state index contributed by atoms with van der Waals surface area (Å²) in [6.07, 6.45) is 7.01. The molecular formula is C20H21N5O2. The first-order valence-electron chi connectivity index (χ1n) is 9.10. The van der Waals surface area contributed by atoms with Gasteiger partial charge < -0.3 is 10.0 Å². The molecule has 0 bridgehead atoms. The van der Waals surface area contributed by atoms with E-state index in [0.717, 1.165) is 24.8 Å². The van der Waals surface area contributed by atoms with E-state index >= 15 is 0 Å². The van der Waals surface area contributed by atoms with Crippen LogP contribution in [0.15, 0.2) is 61.2 Å². The first-order chi connectivity index (χ1) is 13.2. The number of likely N-dealkylation sites (tertiary alicyclic amines) is 1. The van der Waals surface area contributed by atoms with Crippen molar-refractivity contribution in [2.24, 2.45) is 0 Å². The van der Waals surface area contributed by atoms with Crippen molar-refractivity contribution in [1.82, 2.24) is 24.6 Å². The highest BCUT2D eigenvalue weighted by molar-refractivity contribution is 5.92. The number of aliphatic hydroxyl groups is 1. The zero-order valence-electron chi connectivity index (χ0n) is 14.8. The van der Waals surface area contributed by atoms with Gasteiger partial charge in [0.25, 0.3) is 5.91 Å². The summed E-state index contributed by atoms with van der Waals surface area (Å²) in [6, 6.07) is 12.6. The van der Waals surface area contributed by atoms with Crippen LogP contribution in [0.2, 0.25) is 0 Å². The van der Waals surface area contributed by atoms with Crippen molar-refractivity contribution in [3.63, 3.8) is 0 Å². The van der Waals surface area contributed by atoms with Crippen LogP contribution in [0.25, 0.3) is 5.82 Å². The number of aromatic nitrogens is 4. The number of carbonyl (C=O) groups excluding carboxylic acids is 1. The van der Waals surface area contributed by atoms with Gasteiger partial charge in [-0.3, -0.25) is 9.36 Å². The Kier molecular flexibility index (Phi) is 4.93. The molecule has 4 rings (SSSR count). The molecule has 2 atom stereocenters. The number of nitrogens with zero attached hydrogens (tertiary/aromatic N) is 5. The summed E-state index contributed by atoms with van der Waals surface area (Å²) in [4.78, 5) is 18.8. The largest absolute Gasteiger partial charge is 0.386 e. The van der Waals surface area contributed by atoms with Gasteiger partial charge in [-0.05, 0) is 37.0 Å². The van der Waals surface area contributed by atoms with Gasteiger partial charge >= 0.3 is 0 Å². The normalized spacial score (nSPS) is 18.3. The molecule has 1 saturated heterocycles. The van der Waals surface area contributed by atoms with Crippen molar-refractivity contribution < 1.29 is 9.90 Å². The van der Waals surface area contributed by atoms with Crippen molar-refractivity contribution in [2.45, 2.75) is 31.4 Å². The lowest BCUT2D eigenvalue weighted by molar-refractivity contribution is 0.0207. The summed E-state index contributed by atoms with van der Waals surface area (Å²) in [5.74, 6) is 0.405. The molecule has 7 heteroatoms. The Morgan fingerprint density at radius 3 is 2.67 bits per heavy atom. The molecule has 3 aromatic rings. The molecule has 1 amide bonds. The Morgan fingerprint density at radius 1 is 1.11 bits per heavy atom. The predicted molar refractivity (Wildman–Crippen MR) is 99.2 cm³/mol. The maximum atomic E-state index is 13.0. The summed E-state index contributed by atoms with van der Waals surface area (Å²) >= 11 is 0. The van der Waals surface area contributed by atoms with Crippen LogP contribution in [0.4, 0.5) is 0 Å². The lowest BCUT2D eigenvalue weighted by atomic mass is 9.92. The van der Waals surface area contributed by atoms with Gasteiger partial charge in [0, 0.05) is 18.9 Å². The predicted octanol–water partition coefficient (Wildman–Crippen LogP) is 2.39. The third kappa shape index (κ3) is 3.59. The molecule has 1 N–H and O–H groups in total. The number of carbonyl (C=O) groups is 1. The van der Waals surface area contributed by atoms with E-state index < -0.39 is 6.10 Å². The number of piperidine rings is 1. The van der Waals surface area contributed by atoms with E-state index in [2.05, 4.69) is 15.2 Å². The molecule has 138 valence electrons. The van der Waals surface area contributed by atoms with Crippen LogP contribution < -0.4 is 0 Å². The monoisotopic (exact) mass is 363 g/mol. The molecule has 1 aliphatic rings. The molecule has 1 fully saturated rings. The minimum absolute atomic E-state index is 0.195. The Bertz CT molecular complexity index is 881. The highest BCUT2D eigenvalue weighted by Gasteiger charge is 2.33. The Balaban J connectivity index is 1.55. The summed E-state index contributed by atoms with van der Waals surface area (Å²) in [7, 11) is 0. The molecule has 0 aliphatic carbocycles. The van der Waals surface area contributed by atoms with E-state index in [0.29, 0.717) is 12.4 Å². The molecule has 3 heterocycles. The maximum absolute atomic E-state index is 13.0. The minimum atomic E-state index is -0.714. The summed E-state index contributed by atoms with van der Waals surface area (Å²) in [5, 5.41) is 19.1. The van der Waals surface area contributed by atoms with Crippen LogP contribution in [0.5, 0.6) is 0 Å². The Labute approximate surface area is 157 Å². The van der Waals surface area contributed by atoms with Gasteiger partial charge in [0.15, 0.2) is 11.5 Å². The number of imidazole rings is 1. The van der Waals surface area contributed by atoms with E-state index in [1.807, 2.05) is 30.3 Å². The molecule has 7 nitrogen and oxygen atoms in total. The standard InChI is InChI=1S/C20H21N5O2/c26-19(15-6-2-1-3-7-15)17-8-4-5-12-25(17)20(27)16-9-10-18(23-22-16)24-13-11-21-14-24/h1-3,6-7,9-11,13-14,17,19,26H,4-5,8,12H2. The molecule has 27 heavy (non-hydrogen) atoms. The average molecular weight is 363 g/mol. The summed E-state index contributed by atoms with van der Waals surface area (Å²) in [5.41, 5.74) is 1.11. The lowest BCUT2D eigenvalue weighted by Crippen LogP contribution is -2.47. The zero-order chi connectivity index (χ0) is 18.6. The molecule has 2 unspecified atom stereocenters. The van der Waals surface area contributed by atoms with Crippen LogP contribution >= 0.6 is 0 Å². The van der Waals surface area contributed by atoms with Crippen molar-refractivity contribution in [1.29, 1.82) is 0 Å². The highest BCUT2D eigenvalue weighted by atomic mass is 16.3. The SMILES string of the molecule is O=C(c1ccc(-n2ccnc2)nn1)N1CCCCC1C(O)c1ccccc1. The molecule has 0 radical (unpaired) electrons. The van der Waals surface area contributed by atoms with Gasteiger partial charge in [0.1, 0.15) is 6.33 Å². The van der Waals surface area contributed by atoms with Gasteiger partial charge in [-0.2, -0.15) is 0 Å². The quantitative estimate of drug-likeness (QED) is 0.769. The van der Waals surface area contributed by atoms with E-state index in [9.17, 15) is 9.90 Å². The van der Waals surface area contributed by atoms with E-state index in [4.69, 9.17) is 0 Å². The van der Waals surface area contributed by atoms with Crippen molar-refractivity contribution in [3.8, 4) is 5.82 Å². The first kappa shape index (κ1) is 17.4. The minimum Gasteiger partial charge on any atom is -0.386 e. The number of hydrogen-bond acceptors (Lipinski definition) is 5. The highest BCUT2D eigenvalue weighted by Crippen LogP contribution is 2.29. The number of amides is 1. The van der Waals surface area contributed by atoms with Gasteiger partial charge in [-0.15, -0.1) is 10.2 Å². The van der Waals surface area contributed by atoms with Crippen LogP contribution in [0.1, 0.15) is 41.4 Å². The first-order valence-corrected chi connectivity index (χ1v) is 9.10. The van der Waals surface area contributed by atoms with E-state index in [1.165, 1.54) is 0 Å². The van der Waals surface area contributed by atoms with E-state index in [-0.39, 0.29) is 17.6 Å².